The van der Waals surface area contributed by atoms with Crippen molar-refractivity contribution < 1.29 is 27.9 Å². The number of piperazine rings is 1. The molecule has 0 spiro atoms. The molecule has 156 valence electrons. The van der Waals surface area contributed by atoms with Gasteiger partial charge in [0.25, 0.3) is 5.91 Å². The first kappa shape index (κ1) is 20.4. The van der Waals surface area contributed by atoms with Crippen LogP contribution in [0.25, 0.3) is 0 Å². The van der Waals surface area contributed by atoms with Gasteiger partial charge in [-0.05, 0) is 24.3 Å². The number of ether oxygens (including phenoxy) is 1. The molecule has 2 aliphatic rings. The zero-order valence-electron chi connectivity index (χ0n) is 16.3. The molecule has 0 saturated carbocycles. The first-order chi connectivity index (χ1) is 14.4. The molecular weight excluding hydrogens is 408 g/mol. The number of nitrogens with zero attached hydrogens (tertiary/aromatic N) is 2. The van der Waals surface area contributed by atoms with Crippen LogP contribution in [0.2, 0.25) is 0 Å². The van der Waals surface area contributed by atoms with Crippen molar-refractivity contribution in [2.24, 2.45) is 0 Å². The maximum atomic E-state index is 13.0. The number of benzene rings is 2. The van der Waals surface area contributed by atoms with E-state index in [-0.39, 0.29) is 45.6 Å². The molecular formula is C21H20N2O6S. The zero-order chi connectivity index (χ0) is 21.4. The lowest BCUT2D eigenvalue weighted by atomic mass is 9.82. The monoisotopic (exact) mass is 428 g/mol. The molecule has 2 aromatic rings. The van der Waals surface area contributed by atoms with E-state index < -0.39 is 11.1 Å². The Morgan fingerprint density at radius 2 is 1.77 bits per heavy atom. The Morgan fingerprint density at radius 3 is 2.43 bits per heavy atom. The fraction of sp³-hybridized carbons (Fsp3) is 0.286. The maximum Gasteiger partial charge on any atom is 0.253 e. The summed E-state index contributed by atoms with van der Waals surface area (Å²) in [4.78, 5) is 42.4. The normalized spacial score (nSPS) is 17.3. The average Bonchev–Trinajstić information content (AvgIpc) is 2.76. The minimum Gasteiger partial charge on any atom is -0.496 e. The quantitative estimate of drug-likeness (QED) is 0.627. The predicted octanol–water partition coefficient (Wildman–Crippen LogP) is 1.41. The number of methoxy groups -OCH3 is 1. The highest BCUT2D eigenvalue weighted by atomic mass is 32.2. The third kappa shape index (κ3) is 3.55. The summed E-state index contributed by atoms with van der Waals surface area (Å²) in [5.74, 6) is -0.456. The van der Waals surface area contributed by atoms with Gasteiger partial charge in [0.05, 0.1) is 12.7 Å². The molecule has 4 rings (SSSR count). The first-order valence-corrected chi connectivity index (χ1v) is 10.7. The summed E-state index contributed by atoms with van der Waals surface area (Å²) >= 11 is -1.91. The van der Waals surface area contributed by atoms with E-state index in [1.165, 1.54) is 19.2 Å². The Bertz CT molecular complexity index is 1080. The van der Waals surface area contributed by atoms with Gasteiger partial charge in [-0.3, -0.25) is 19.3 Å². The smallest absolute Gasteiger partial charge is 0.253 e. The molecule has 1 aliphatic heterocycles. The van der Waals surface area contributed by atoms with Gasteiger partial charge >= 0.3 is 0 Å². The van der Waals surface area contributed by atoms with E-state index in [1.54, 1.807) is 29.2 Å². The summed E-state index contributed by atoms with van der Waals surface area (Å²) in [6, 6.07) is 9.43. The summed E-state index contributed by atoms with van der Waals surface area (Å²) in [6.45, 7) is 1.82. The molecule has 1 fully saturated rings. The molecule has 1 saturated heterocycles. The minimum atomic E-state index is -1.91. The number of hydrogen-bond acceptors (Lipinski definition) is 6. The van der Waals surface area contributed by atoms with Crippen LogP contribution in [0.15, 0.2) is 36.4 Å². The summed E-state index contributed by atoms with van der Waals surface area (Å²) in [6.07, 6.45) is 0. The van der Waals surface area contributed by atoms with Crippen molar-refractivity contribution in [2.45, 2.75) is 0 Å². The molecule has 1 unspecified atom stereocenters. The van der Waals surface area contributed by atoms with E-state index in [9.17, 15) is 18.6 Å². The van der Waals surface area contributed by atoms with Crippen LogP contribution in [0.1, 0.15) is 42.2 Å². The Morgan fingerprint density at radius 1 is 1.03 bits per heavy atom. The van der Waals surface area contributed by atoms with Gasteiger partial charge in [0.2, 0.25) is 0 Å². The van der Waals surface area contributed by atoms with E-state index >= 15 is 0 Å². The summed E-state index contributed by atoms with van der Waals surface area (Å²) in [5, 5.41) is 0. The molecule has 0 bridgehead atoms. The lowest BCUT2D eigenvalue weighted by Crippen LogP contribution is -2.49. The highest BCUT2D eigenvalue weighted by Gasteiger charge is 2.33. The number of carbonyl (C=O) groups is 3. The average molecular weight is 428 g/mol. The summed E-state index contributed by atoms with van der Waals surface area (Å²) in [7, 11) is 1.45. The topological polar surface area (TPSA) is 104 Å². The van der Waals surface area contributed by atoms with Gasteiger partial charge in [-0.1, -0.05) is 12.1 Å². The second-order valence-electron chi connectivity index (χ2n) is 7.16. The van der Waals surface area contributed by atoms with E-state index in [0.717, 1.165) is 0 Å². The minimum absolute atomic E-state index is 0.0559. The lowest BCUT2D eigenvalue weighted by Gasteiger charge is -2.34. The largest absolute Gasteiger partial charge is 0.496 e. The Kier molecular flexibility index (Phi) is 5.50. The standard InChI is InChI=1S/C21H20N2O6S/c1-29-17-4-2-3-15-18(17)20(25)14-6-5-13(11-16(14)19(15)24)21(26)23-9-7-22(8-10-23)12-30(27)28/h2-6,11H,7-10,12H2,1H3,(H,27,28). The second-order valence-corrected chi connectivity index (χ2v) is 8.06. The van der Waals surface area contributed by atoms with Crippen LogP contribution < -0.4 is 4.74 Å². The zero-order valence-corrected chi connectivity index (χ0v) is 17.1. The highest BCUT2D eigenvalue weighted by molar-refractivity contribution is 7.79. The fourth-order valence-electron chi connectivity index (χ4n) is 3.89. The summed E-state index contributed by atoms with van der Waals surface area (Å²) < 4.78 is 25.2. The SMILES string of the molecule is COc1cccc2c1C(=O)c1ccc(C(=O)N3CCN(CS(=O)O)CC3)cc1C2=O. The van der Waals surface area contributed by atoms with Crippen molar-refractivity contribution >= 4 is 28.6 Å². The molecule has 1 amide bonds. The maximum absolute atomic E-state index is 13.0. The molecule has 1 heterocycles. The predicted molar refractivity (Wildman–Crippen MR) is 109 cm³/mol. The third-order valence-corrected chi connectivity index (χ3v) is 6.01. The number of carbonyl (C=O) groups excluding carboxylic acids is 3. The van der Waals surface area contributed by atoms with Crippen LogP contribution in [0.3, 0.4) is 0 Å². The fourth-order valence-corrected chi connectivity index (χ4v) is 4.46. The number of ketones is 2. The second kappa shape index (κ2) is 8.10. The van der Waals surface area contributed by atoms with E-state index in [2.05, 4.69) is 0 Å². The molecule has 1 atom stereocenters. The number of rotatable bonds is 4. The van der Waals surface area contributed by atoms with E-state index in [4.69, 9.17) is 9.29 Å². The lowest BCUT2D eigenvalue weighted by molar-refractivity contribution is 0.0656. The molecule has 9 heteroatoms. The summed E-state index contributed by atoms with van der Waals surface area (Å²) in [5.41, 5.74) is 1.31. The van der Waals surface area contributed by atoms with Gasteiger partial charge in [-0.15, -0.1) is 0 Å². The molecule has 30 heavy (non-hydrogen) atoms. The molecule has 1 N–H and O–H groups in total. The van der Waals surface area contributed by atoms with Crippen molar-refractivity contribution in [3.05, 3.63) is 64.2 Å². The molecule has 0 aromatic heterocycles. The van der Waals surface area contributed by atoms with Crippen molar-refractivity contribution in [3.8, 4) is 5.75 Å². The van der Waals surface area contributed by atoms with Crippen LogP contribution in [0.4, 0.5) is 0 Å². The van der Waals surface area contributed by atoms with Crippen LogP contribution in [0, 0.1) is 0 Å². The van der Waals surface area contributed by atoms with Crippen LogP contribution in [-0.2, 0) is 11.1 Å². The van der Waals surface area contributed by atoms with E-state index in [0.29, 0.717) is 37.5 Å². The van der Waals surface area contributed by atoms with Crippen LogP contribution >= 0.6 is 0 Å². The number of hydrogen-bond donors (Lipinski definition) is 1. The molecule has 8 nitrogen and oxygen atoms in total. The van der Waals surface area contributed by atoms with Crippen molar-refractivity contribution in [1.29, 1.82) is 0 Å². The van der Waals surface area contributed by atoms with Gasteiger partial charge in [-0.25, -0.2) is 4.21 Å². The van der Waals surface area contributed by atoms with Gasteiger partial charge in [0.15, 0.2) is 22.6 Å². The van der Waals surface area contributed by atoms with Crippen molar-refractivity contribution in [3.63, 3.8) is 0 Å². The number of fused-ring (bicyclic) bond motifs is 2. The number of amides is 1. The Balaban J connectivity index is 1.59. The first-order valence-electron chi connectivity index (χ1n) is 9.40. The van der Waals surface area contributed by atoms with Crippen LogP contribution in [-0.4, -0.2) is 75.2 Å². The van der Waals surface area contributed by atoms with Crippen molar-refractivity contribution in [1.82, 2.24) is 9.80 Å². The Labute approximate surface area is 175 Å². The van der Waals surface area contributed by atoms with Gasteiger partial charge in [-0.2, -0.15) is 0 Å². The molecule has 1 aliphatic carbocycles. The Hall–Kier alpha value is -2.88. The molecule has 0 radical (unpaired) electrons. The molecule has 2 aromatic carbocycles. The van der Waals surface area contributed by atoms with Gasteiger partial charge in [0.1, 0.15) is 11.6 Å². The van der Waals surface area contributed by atoms with Crippen LogP contribution in [0.5, 0.6) is 5.75 Å². The third-order valence-electron chi connectivity index (χ3n) is 5.43. The van der Waals surface area contributed by atoms with Crippen molar-refractivity contribution in [2.75, 3.05) is 39.2 Å². The van der Waals surface area contributed by atoms with Gasteiger partial charge in [0, 0.05) is 48.4 Å². The van der Waals surface area contributed by atoms with Gasteiger partial charge < -0.3 is 14.2 Å². The van der Waals surface area contributed by atoms with E-state index in [1.807, 2.05) is 4.90 Å². The highest BCUT2D eigenvalue weighted by Crippen LogP contribution is 2.33.